The van der Waals surface area contributed by atoms with E-state index in [1.165, 1.54) is 19.2 Å². The third kappa shape index (κ3) is 4.79. The Kier molecular flexibility index (Phi) is 6.82. The van der Waals surface area contributed by atoms with E-state index in [-0.39, 0.29) is 36.8 Å². The molecular formula is C26H27NO6. The predicted octanol–water partition coefficient (Wildman–Crippen LogP) is 3.72. The van der Waals surface area contributed by atoms with Gasteiger partial charge in [0.15, 0.2) is 0 Å². The molecule has 4 rings (SSSR count). The van der Waals surface area contributed by atoms with Gasteiger partial charge in [-0.2, -0.15) is 0 Å². The number of aliphatic hydroxyl groups excluding tert-OH is 2. The van der Waals surface area contributed by atoms with Crippen LogP contribution in [0.3, 0.4) is 0 Å². The molecule has 1 amide bonds. The molecule has 2 unspecified atom stereocenters. The van der Waals surface area contributed by atoms with Crippen LogP contribution >= 0.6 is 0 Å². The Morgan fingerprint density at radius 2 is 1.64 bits per heavy atom. The van der Waals surface area contributed by atoms with Crippen LogP contribution in [0.15, 0.2) is 66.7 Å². The molecule has 33 heavy (non-hydrogen) atoms. The van der Waals surface area contributed by atoms with Crippen molar-refractivity contribution in [3.8, 4) is 22.6 Å². The molecule has 0 aromatic heterocycles. The van der Waals surface area contributed by atoms with Crippen molar-refractivity contribution < 1.29 is 29.6 Å². The molecule has 0 heterocycles. The molecule has 7 nitrogen and oxygen atoms in total. The second-order valence-electron chi connectivity index (χ2n) is 7.98. The average Bonchev–Trinajstić information content (AvgIpc) is 3.16. The van der Waals surface area contributed by atoms with Gasteiger partial charge in [0.05, 0.1) is 13.2 Å². The van der Waals surface area contributed by atoms with Gasteiger partial charge in [-0.05, 0) is 40.8 Å². The smallest absolute Gasteiger partial charge is 0.407 e. The molecule has 0 bridgehead atoms. The zero-order valence-corrected chi connectivity index (χ0v) is 18.3. The van der Waals surface area contributed by atoms with Crippen LogP contribution in [0.4, 0.5) is 4.79 Å². The second-order valence-corrected chi connectivity index (χ2v) is 7.98. The number of aliphatic hydroxyl groups is 2. The van der Waals surface area contributed by atoms with Gasteiger partial charge in [-0.25, -0.2) is 4.79 Å². The number of carbonyl (C=O) groups is 1. The number of carbonyl (C=O) groups excluding carboxylic acids is 1. The Morgan fingerprint density at radius 1 is 1.00 bits per heavy atom. The minimum atomic E-state index is -1.31. The maximum absolute atomic E-state index is 12.2. The average molecular weight is 450 g/mol. The third-order valence-corrected chi connectivity index (χ3v) is 5.97. The van der Waals surface area contributed by atoms with E-state index in [2.05, 4.69) is 17.4 Å². The molecule has 0 radical (unpaired) electrons. The number of phenolic OH excluding ortho intramolecular Hbond substituents is 1. The second kappa shape index (κ2) is 9.94. The summed E-state index contributed by atoms with van der Waals surface area (Å²) in [4.78, 5) is 12.2. The summed E-state index contributed by atoms with van der Waals surface area (Å²) in [5.41, 5.74) is 4.75. The van der Waals surface area contributed by atoms with Crippen molar-refractivity contribution in [1.29, 1.82) is 0 Å². The van der Waals surface area contributed by atoms with Crippen LogP contribution in [-0.4, -0.2) is 47.8 Å². The van der Waals surface area contributed by atoms with Crippen molar-refractivity contribution in [3.63, 3.8) is 0 Å². The molecule has 2 atom stereocenters. The highest BCUT2D eigenvalue weighted by Gasteiger charge is 2.29. The van der Waals surface area contributed by atoms with Crippen molar-refractivity contribution in [2.75, 3.05) is 20.3 Å². The predicted molar refractivity (Wildman–Crippen MR) is 123 cm³/mol. The molecule has 0 fully saturated rings. The summed E-state index contributed by atoms with van der Waals surface area (Å²) in [6, 6.07) is 20.6. The lowest BCUT2D eigenvalue weighted by molar-refractivity contribution is 0.0123. The minimum Gasteiger partial charge on any atom is -0.507 e. The number of aromatic hydroxyl groups is 1. The first-order valence-electron chi connectivity index (χ1n) is 10.8. The summed E-state index contributed by atoms with van der Waals surface area (Å²) in [6.07, 6.45) is -3.00. The van der Waals surface area contributed by atoms with Crippen LogP contribution < -0.4 is 10.1 Å². The van der Waals surface area contributed by atoms with Gasteiger partial charge in [0, 0.05) is 24.1 Å². The summed E-state index contributed by atoms with van der Waals surface area (Å²) in [5, 5.41) is 33.2. The van der Waals surface area contributed by atoms with Gasteiger partial charge in [-0.15, -0.1) is 0 Å². The van der Waals surface area contributed by atoms with E-state index in [1.807, 2.05) is 36.4 Å². The first-order valence-corrected chi connectivity index (χ1v) is 10.8. The van der Waals surface area contributed by atoms with Crippen LogP contribution in [0.25, 0.3) is 11.1 Å². The number of phenols is 1. The molecule has 0 saturated carbocycles. The number of fused-ring (bicyclic) bond motifs is 3. The van der Waals surface area contributed by atoms with Gasteiger partial charge in [0.2, 0.25) is 0 Å². The number of amides is 1. The van der Waals surface area contributed by atoms with Crippen molar-refractivity contribution in [3.05, 3.63) is 83.4 Å². The zero-order valence-electron chi connectivity index (χ0n) is 18.3. The fourth-order valence-electron chi connectivity index (χ4n) is 4.24. The van der Waals surface area contributed by atoms with Gasteiger partial charge in [0.25, 0.3) is 0 Å². The van der Waals surface area contributed by atoms with E-state index < -0.39 is 18.3 Å². The van der Waals surface area contributed by atoms with Crippen LogP contribution in [-0.2, 0) is 4.74 Å². The number of benzene rings is 3. The van der Waals surface area contributed by atoms with Crippen LogP contribution in [0.2, 0.25) is 0 Å². The Hall–Kier alpha value is -3.55. The van der Waals surface area contributed by atoms with E-state index in [0.717, 1.165) is 22.3 Å². The summed E-state index contributed by atoms with van der Waals surface area (Å²) in [5.74, 6) is 0.230. The molecule has 0 spiro atoms. The molecule has 1 aliphatic carbocycles. The van der Waals surface area contributed by atoms with Gasteiger partial charge in [0.1, 0.15) is 24.2 Å². The number of nitrogens with one attached hydrogen (secondary N) is 1. The quantitative estimate of drug-likeness (QED) is 0.417. The Bertz CT molecular complexity index is 1090. The maximum atomic E-state index is 12.2. The number of hydrogen-bond acceptors (Lipinski definition) is 6. The van der Waals surface area contributed by atoms with E-state index in [9.17, 15) is 20.1 Å². The maximum Gasteiger partial charge on any atom is 0.407 e. The van der Waals surface area contributed by atoms with Gasteiger partial charge in [-0.1, -0.05) is 48.5 Å². The topological polar surface area (TPSA) is 108 Å². The SMILES string of the molecule is COc1ccc(C(O)C(O)CCNC(=O)OCC2c3ccccc3-c3ccccc32)c(O)c1. The Balaban J connectivity index is 1.28. The minimum absolute atomic E-state index is 0.0337. The molecular weight excluding hydrogens is 422 g/mol. The zero-order chi connectivity index (χ0) is 23.4. The molecule has 3 aromatic carbocycles. The number of alkyl carbamates (subject to hydrolysis) is 1. The van der Waals surface area contributed by atoms with Crippen molar-refractivity contribution in [1.82, 2.24) is 5.32 Å². The van der Waals surface area contributed by atoms with Crippen LogP contribution in [0, 0.1) is 0 Å². The van der Waals surface area contributed by atoms with Gasteiger partial charge in [-0.3, -0.25) is 0 Å². The fraction of sp³-hybridized carbons (Fsp3) is 0.269. The number of hydrogen-bond donors (Lipinski definition) is 4. The number of ether oxygens (including phenoxy) is 2. The summed E-state index contributed by atoms with van der Waals surface area (Å²) >= 11 is 0. The van der Waals surface area contributed by atoms with E-state index in [1.54, 1.807) is 6.07 Å². The lowest BCUT2D eigenvalue weighted by Gasteiger charge is -2.20. The van der Waals surface area contributed by atoms with Gasteiger partial charge < -0.3 is 30.1 Å². The third-order valence-electron chi connectivity index (χ3n) is 5.97. The molecule has 1 aliphatic rings. The monoisotopic (exact) mass is 449 g/mol. The molecule has 0 aliphatic heterocycles. The highest BCUT2D eigenvalue weighted by atomic mass is 16.5. The van der Waals surface area contributed by atoms with Crippen LogP contribution in [0.1, 0.15) is 35.1 Å². The fourth-order valence-corrected chi connectivity index (χ4v) is 4.24. The highest BCUT2D eigenvalue weighted by molar-refractivity contribution is 5.79. The Morgan fingerprint density at radius 3 is 2.24 bits per heavy atom. The van der Waals surface area contributed by atoms with E-state index >= 15 is 0 Å². The van der Waals surface area contributed by atoms with Crippen LogP contribution in [0.5, 0.6) is 11.5 Å². The van der Waals surface area contributed by atoms with Crippen molar-refractivity contribution in [2.45, 2.75) is 24.5 Å². The largest absolute Gasteiger partial charge is 0.507 e. The number of methoxy groups -OCH3 is 1. The number of rotatable bonds is 8. The molecule has 7 heteroatoms. The standard InChI is InChI=1S/C26H27NO6/c1-32-16-10-11-21(24(29)14-16)25(30)23(28)12-13-27-26(31)33-15-22-19-8-4-2-6-17(19)18-7-3-5-9-20(18)22/h2-11,14,22-23,25,28-30H,12-13,15H2,1H3,(H,27,31). The summed E-state index contributed by atoms with van der Waals surface area (Å²) < 4.78 is 10.5. The summed E-state index contributed by atoms with van der Waals surface area (Å²) in [7, 11) is 1.47. The van der Waals surface area contributed by atoms with E-state index in [0.29, 0.717) is 5.75 Å². The van der Waals surface area contributed by atoms with E-state index in [4.69, 9.17) is 9.47 Å². The first kappa shape index (κ1) is 22.6. The summed E-state index contributed by atoms with van der Waals surface area (Å²) in [6.45, 7) is 0.302. The highest BCUT2D eigenvalue weighted by Crippen LogP contribution is 2.44. The molecule has 3 aromatic rings. The first-order chi connectivity index (χ1) is 16.0. The van der Waals surface area contributed by atoms with Gasteiger partial charge >= 0.3 is 6.09 Å². The lowest BCUT2D eigenvalue weighted by Crippen LogP contribution is -2.30. The lowest BCUT2D eigenvalue weighted by atomic mass is 9.98. The van der Waals surface area contributed by atoms with Crippen molar-refractivity contribution in [2.24, 2.45) is 0 Å². The molecule has 0 saturated heterocycles. The Labute approximate surface area is 192 Å². The van der Waals surface area contributed by atoms with Crippen molar-refractivity contribution >= 4 is 6.09 Å². The molecule has 4 N–H and O–H groups in total. The normalized spacial score (nSPS) is 14.2. The molecule has 172 valence electrons.